The summed E-state index contributed by atoms with van der Waals surface area (Å²) in [6.07, 6.45) is 3.63. The average Bonchev–Trinajstić information content (AvgIpc) is 2.02. The van der Waals surface area contributed by atoms with Crippen LogP contribution in [0.4, 0.5) is 4.39 Å². The van der Waals surface area contributed by atoms with Crippen LogP contribution in [0.2, 0.25) is 0 Å². The predicted molar refractivity (Wildman–Crippen MR) is 50.1 cm³/mol. The van der Waals surface area contributed by atoms with Gasteiger partial charge in [0.1, 0.15) is 17.2 Å². The average molecular weight is 178 g/mol. The lowest BCUT2D eigenvalue weighted by atomic mass is 10.0. The molecule has 0 N–H and O–H groups in total. The van der Waals surface area contributed by atoms with Gasteiger partial charge in [-0.15, -0.1) is 0 Å². The molecule has 0 amide bonds. The molecular weight excluding hydrogens is 167 g/mol. The number of fused-ring (bicyclic) bond motifs is 1. The smallest absolute Gasteiger partial charge is 0.134 e. The van der Waals surface area contributed by atoms with Gasteiger partial charge in [-0.1, -0.05) is 6.07 Å². The predicted octanol–water partition coefficient (Wildman–Crippen LogP) is 3.01. The normalized spacial score (nSPS) is 17.8. The Kier molecular flexibility index (Phi) is 1.65. The van der Waals surface area contributed by atoms with Crippen molar-refractivity contribution in [3.05, 3.63) is 35.7 Å². The van der Waals surface area contributed by atoms with Crippen LogP contribution in [0.3, 0.4) is 0 Å². The Morgan fingerprint density at radius 1 is 1.31 bits per heavy atom. The molecule has 2 rings (SSSR count). The van der Waals surface area contributed by atoms with Crippen molar-refractivity contribution >= 4 is 6.08 Å². The molecule has 1 aliphatic rings. The Bertz CT molecular complexity index is 366. The van der Waals surface area contributed by atoms with E-state index in [9.17, 15) is 4.39 Å². The Morgan fingerprint density at radius 2 is 2.08 bits per heavy atom. The van der Waals surface area contributed by atoms with Gasteiger partial charge < -0.3 is 4.74 Å². The molecule has 13 heavy (non-hydrogen) atoms. The number of rotatable bonds is 0. The first kappa shape index (κ1) is 8.30. The van der Waals surface area contributed by atoms with E-state index in [1.807, 2.05) is 19.9 Å². The van der Waals surface area contributed by atoms with Crippen molar-refractivity contribution in [3.63, 3.8) is 0 Å². The van der Waals surface area contributed by atoms with Crippen LogP contribution >= 0.6 is 0 Å². The summed E-state index contributed by atoms with van der Waals surface area (Å²) in [6, 6.07) is 4.87. The van der Waals surface area contributed by atoms with Gasteiger partial charge in [0, 0.05) is 0 Å². The van der Waals surface area contributed by atoms with Crippen molar-refractivity contribution < 1.29 is 9.13 Å². The summed E-state index contributed by atoms with van der Waals surface area (Å²) in [6.45, 7) is 3.88. The molecule has 0 fully saturated rings. The standard InChI is InChI=1S/C11H11FO/c1-11(2)7-6-8-9(12)4-3-5-10(8)13-11/h3-7H,1-2H3. The molecule has 1 nitrogen and oxygen atoms in total. The van der Waals surface area contributed by atoms with Gasteiger partial charge in [0.05, 0.1) is 5.56 Å². The van der Waals surface area contributed by atoms with Gasteiger partial charge in [0.2, 0.25) is 0 Å². The molecule has 0 bridgehead atoms. The van der Waals surface area contributed by atoms with Crippen molar-refractivity contribution in [2.24, 2.45) is 0 Å². The molecular formula is C11H11FO. The third-order valence-electron chi connectivity index (χ3n) is 2.04. The fourth-order valence-electron chi connectivity index (χ4n) is 1.37. The molecule has 68 valence electrons. The lowest BCUT2D eigenvalue weighted by molar-refractivity contribution is 0.158. The van der Waals surface area contributed by atoms with Gasteiger partial charge in [-0.05, 0) is 38.1 Å². The van der Waals surface area contributed by atoms with Crippen molar-refractivity contribution in [1.82, 2.24) is 0 Å². The summed E-state index contributed by atoms with van der Waals surface area (Å²) in [5.41, 5.74) is 0.211. The van der Waals surface area contributed by atoms with E-state index in [0.717, 1.165) is 0 Å². The maximum atomic E-state index is 13.2. The van der Waals surface area contributed by atoms with Crippen LogP contribution in [0.25, 0.3) is 6.08 Å². The van der Waals surface area contributed by atoms with Gasteiger partial charge in [0.25, 0.3) is 0 Å². The molecule has 1 aromatic carbocycles. The van der Waals surface area contributed by atoms with E-state index >= 15 is 0 Å². The second kappa shape index (κ2) is 2.59. The zero-order valence-electron chi connectivity index (χ0n) is 7.67. The SMILES string of the molecule is CC1(C)C=Cc2c(F)cccc2O1. The highest BCUT2D eigenvalue weighted by atomic mass is 19.1. The molecule has 0 radical (unpaired) electrons. The molecule has 0 unspecified atom stereocenters. The number of benzene rings is 1. The van der Waals surface area contributed by atoms with Crippen molar-refractivity contribution in [3.8, 4) is 5.75 Å². The second-order valence-corrected chi connectivity index (χ2v) is 3.69. The zero-order chi connectivity index (χ0) is 9.47. The summed E-state index contributed by atoms with van der Waals surface area (Å²) < 4.78 is 18.8. The first-order valence-corrected chi connectivity index (χ1v) is 4.25. The fraction of sp³-hybridized carbons (Fsp3) is 0.273. The number of halogens is 1. The summed E-state index contributed by atoms with van der Waals surface area (Å²) in [7, 11) is 0. The highest BCUT2D eigenvalue weighted by Crippen LogP contribution is 2.31. The maximum absolute atomic E-state index is 13.2. The third kappa shape index (κ3) is 1.44. The van der Waals surface area contributed by atoms with Crippen LogP contribution < -0.4 is 4.74 Å². The van der Waals surface area contributed by atoms with Crippen LogP contribution in [0, 0.1) is 5.82 Å². The Morgan fingerprint density at radius 3 is 2.85 bits per heavy atom. The molecule has 0 aromatic heterocycles. The minimum atomic E-state index is -0.333. The molecule has 0 saturated heterocycles. The summed E-state index contributed by atoms with van der Waals surface area (Å²) in [5.74, 6) is 0.386. The van der Waals surface area contributed by atoms with E-state index < -0.39 is 0 Å². The van der Waals surface area contributed by atoms with E-state index in [2.05, 4.69) is 0 Å². The number of ether oxygens (including phenoxy) is 1. The van der Waals surface area contributed by atoms with Gasteiger partial charge in [-0.25, -0.2) is 4.39 Å². The molecule has 0 spiro atoms. The van der Waals surface area contributed by atoms with Gasteiger partial charge >= 0.3 is 0 Å². The van der Waals surface area contributed by atoms with E-state index in [0.29, 0.717) is 11.3 Å². The molecule has 1 aliphatic heterocycles. The molecule has 1 heterocycles. The minimum Gasteiger partial charge on any atom is -0.483 e. The van der Waals surface area contributed by atoms with Crippen LogP contribution in [-0.4, -0.2) is 5.60 Å². The molecule has 2 heteroatoms. The summed E-state index contributed by atoms with van der Waals surface area (Å²) >= 11 is 0. The molecule has 0 aliphatic carbocycles. The third-order valence-corrected chi connectivity index (χ3v) is 2.04. The van der Waals surface area contributed by atoms with E-state index in [-0.39, 0.29) is 11.4 Å². The minimum absolute atomic E-state index is 0.232. The van der Waals surface area contributed by atoms with Crippen molar-refractivity contribution in [2.45, 2.75) is 19.4 Å². The van der Waals surface area contributed by atoms with Crippen molar-refractivity contribution in [2.75, 3.05) is 0 Å². The van der Waals surface area contributed by atoms with Gasteiger partial charge in [0.15, 0.2) is 0 Å². The Balaban J connectivity index is 2.53. The Labute approximate surface area is 76.8 Å². The van der Waals surface area contributed by atoms with Crippen LogP contribution in [0.5, 0.6) is 5.75 Å². The molecule has 1 aromatic rings. The summed E-state index contributed by atoms with van der Waals surface area (Å²) in [5, 5.41) is 0. The lowest BCUT2D eigenvalue weighted by Gasteiger charge is -2.27. The fourth-order valence-corrected chi connectivity index (χ4v) is 1.37. The van der Waals surface area contributed by atoms with Crippen molar-refractivity contribution in [1.29, 1.82) is 0 Å². The molecule has 0 saturated carbocycles. The maximum Gasteiger partial charge on any atom is 0.134 e. The lowest BCUT2D eigenvalue weighted by Crippen LogP contribution is -2.27. The molecule has 0 atom stereocenters. The second-order valence-electron chi connectivity index (χ2n) is 3.69. The quantitative estimate of drug-likeness (QED) is 0.593. The first-order chi connectivity index (χ1) is 6.08. The van der Waals surface area contributed by atoms with E-state index in [1.54, 1.807) is 18.2 Å². The highest BCUT2D eigenvalue weighted by Gasteiger charge is 2.22. The topological polar surface area (TPSA) is 9.23 Å². The van der Waals surface area contributed by atoms with Crippen LogP contribution in [0.15, 0.2) is 24.3 Å². The summed E-state index contributed by atoms with van der Waals surface area (Å²) in [4.78, 5) is 0. The Hall–Kier alpha value is -1.31. The zero-order valence-corrected chi connectivity index (χ0v) is 7.67. The van der Waals surface area contributed by atoms with E-state index in [4.69, 9.17) is 4.74 Å². The largest absolute Gasteiger partial charge is 0.483 e. The highest BCUT2D eigenvalue weighted by molar-refractivity contribution is 5.61. The van der Waals surface area contributed by atoms with Gasteiger partial charge in [-0.3, -0.25) is 0 Å². The van der Waals surface area contributed by atoms with Gasteiger partial charge in [-0.2, -0.15) is 0 Å². The number of hydrogen-bond donors (Lipinski definition) is 0. The monoisotopic (exact) mass is 178 g/mol. The van der Waals surface area contributed by atoms with Crippen LogP contribution in [0.1, 0.15) is 19.4 Å². The van der Waals surface area contributed by atoms with Crippen LogP contribution in [-0.2, 0) is 0 Å². The number of hydrogen-bond acceptors (Lipinski definition) is 1. The van der Waals surface area contributed by atoms with E-state index in [1.165, 1.54) is 6.07 Å². The first-order valence-electron chi connectivity index (χ1n) is 4.25.